The zero-order valence-corrected chi connectivity index (χ0v) is 27.8. The van der Waals surface area contributed by atoms with Gasteiger partial charge in [-0.3, -0.25) is 19.2 Å². The van der Waals surface area contributed by atoms with Crippen LogP contribution >= 0.6 is 11.8 Å². The van der Waals surface area contributed by atoms with Crippen molar-refractivity contribution in [3.8, 4) is 5.75 Å². The van der Waals surface area contributed by atoms with Gasteiger partial charge in [-0.15, -0.1) is 11.8 Å². The van der Waals surface area contributed by atoms with Crippen molar-refractivity contribution in [3.05, 3.63) is 161 Å². The second-order valence-corrected chi connectivity index (χ2v) is 12.5. The van der Waals surface area contributed by atoms with Crippen LogP contribution in [0.2, 0.25) is 0 Å². The molecule has 0 aliphatic heterocycles. The molecule has 0 fully saturated rings. The van der Waals surface area contributed by atoms with Crippen molar-refractivity contribution in [3.63, 3.8) is 0 Å². The van der Waals surface area contributed by atoms with Gasteiger partial charge < -0.3 is 20.7 Å². The first-order valence-electron chi connectivity index (χ1n) is 15.6. The third-order valence-electron chi connectivity index (χ3n) is 7.32. The van der Waals surface area contributed by atoms with Crippen molar-refractivity contribution in [1.29, 1.82) is 0 Å². The lowest BCUT2D eigenvalue weighted by atomic mass is 10.1. The maximum Gasteiger partial charge on any atom is 0.272 e. The Morgan fingerprint density at radius 1 is 0.694 bits per heavy atom. The Labute approximate surface area is 289 Å². The van der Waals surface area contributed by atoms with Crippen LogP contribution in [-0.2, 0) is 16.2 Å². The van der Waals surface area contributed by atoms with Crippen LogP contribution in [0.25, 0.3) is 6.08 Å². The predicted molar refractivity (Wildman–Crippen MR) is 195 cm³/mol. The molecule has 0 aliphatic carbocycles. The molecule has 0 aliphatic rings. The highest BCUT2D eigenvalue weighted by molar-refractivity contribution is 8.00. The lowest BCUT2D eigenvalue weighted by molar-refractivity contribution is -0.115. The molecule has 1 unspecified atom stereocenters. The first-order valence-corrected chi connectivity index (χ1v) is 16.5. The summed E-state index contributed by atoms with van der Waals surface area (Å²) in [5.41, 5.74) is 3.92. The number of hydrogen-bond donors (Lipinski definition) is 3. The van der Waals surface area contributed by atoms with Gasteiger partial charge >= 0.3 is 0 Å². The summed E-state index contributed by atoms with van der Waals surface area (Å²) < 4.78 is 5.88. The summed E-state index contributed by atoms with van der Waals surface area (Å²) in [6.45, 7) is 3.72. The van der Waals surface area contributed by atoms with Crippen LogP contribution in [0.5, 0.6) is 5.75 Å². The summed E-state index contributed by atoms with van der Waals surface area (Å²) in [6.07, 6.45) is 1.61. The molecule has 1 atom stereocenters. The molecule has 5 aromatic rings. The maximum atomic E-state index is 13.5. The van der Waals surface area contributed by atoms with E-state index in [-0.39, 0.29) is 17.4 Å². The molecule has 3 N–H and O–H groups in total. The fraction of sp³-hybridized carbons (Fsp3) is 0.100. The fourth-order valence-electron chi connectivity index (χ4n) is 4.62. The van der Waals surface area contributed by atoms with Crippen LogP contribution < -0.4 is 20.7 Å². The summed E-state index contributed by atoms with van der Waals surface area (Å²) in [7, 11) is 0. The fourth-order valence-corrected chi connectivity index (χ4v) is 5.48. The van der Waals surface area contributed by atoms with Gasteiger partial charge in [-0.1, -0.05) is 60.7 Å². The number of anilines is 2. The quantitative estimate of drug-likeness (QED) is 0.0665. The molecule has 5 aromatic carbocycles. The third-order valence-corrected chi connectivity index (χ3v) is 8.43. The van der Waals surface area contributed by atoms with Crippen LogP contribution in [0.3, 0.4) is 0 Å². The molecule has 0 heterocycles. The van der Waals surface area contributed by atoms with Crippen molar-refractivity contribution in [1.82, 2.24) is 5.32 Å². The number of Topliss-reactive ketones (excluding diaryl/α,β-unsaturated/α-hetero) is 1. The SMILES string of the molecule is CC(=O)c1ccc(NC(=O)C(C)Sc2ccc(NC(=O)/C(=C/c3ccc(OCc4ccccc4)cc3)NC(=O)c3ccccc3)cc2)cc1. The summed E-state index contributed by atoms with van der Waals surface area (Å²) in [5, 5.41) is 8.07. The molecule has 0 aromatic heterocycles. The highest BCUT2D eigenvalue weighted by atomic mass is 32.2. The first-order chi connectivity index (χ1) is 23.7. The Bertz CT molecular complexity index is 1930. The molecule has 9 heteroatoms. The Kier molecular flexibility index (Phi) is 11.8. The standard InChI is InChI=1S/C40H35N3O5S/c1-27(44)31-15-17-33(18-16-31)41-38(45)28(2)49-36-23-19-34(20-24-36)42-40(47)37(43-39(46)32-11-7-4-8-12-32)25-29-13-21-35(22-14-29)48-26-30-9-5-3-6-10-30/h3-25,28H,26H2,1-2H3,(H,41,45)(H,42,47)(H,43,46)/b37-25-. The van der Waals surface area contributed by atoms with Crippen LogP contribution in [0, 0.1) is 0 Å². The molecule has 0 radical (unpaired) electrons. The number of carbonyl (C=O) groups is 4. The van der Waals surface area contributed by atoms with Gasteiger partial charge in [0.15, 0.2) is 5.78 Å². The molecule has 8 nitrogen and oxygen atoms in total. The Hall–Kier alpha value is -5.93. The summed E-state index contributed by atoms with van der Waals surface area (Å²) in [5.74, 6) is -0.469. The van der Waals surface area contributed by atoms with Gasteiger partial charge in [0.1, 0.15) is 18.1 Å². The summed E-state index contributed by atoms with van der Waals surface area (Å²) in [4.78, 5) is 51.6. The van der Waals surface area contributed by atoms with E-state index in [1.165, 1.54) is 18.7 Å². The van der Waals surface area contributed by atoms with Crippen LogP contribution in [0.4, 0.5) is 11.4 Å². The summed E-state index contributed by atoms with van der Waals surface area (Å²) >= 11 is 1.37. The molecule has 5 rings (SSSR count). The number of ether oxygens (including phenoxy) is 1. The second-order valence-electron chi connectivity index (χ2n) is 11.1. The van der Waals surface area contributed by atoms with E-state index in [1.54, 1.807) is 73.7 Å². The zero-order chi connectivity index (χ0) is 34.6. The zero-order valence-electron chi connectivity index (χ0n) is 27.0. The van der Waals surface area contributed by atoms with E-state index in [0.29, 0.717) is 40.4 Å². The van der Waals surface area contributed by atoms with E-state index in [0.717, 1.165) is 10.5 Å². The molecule has 0 bridgehead atoms. The van der Waals surface area contributed by atoms with Gasteiger partial charge in [-0.2, -0.15) is 0 Å². The van der Waals surface area contributed by atoms with Gasteiger partial charge in [0, 0.05) is 27.4 Å². The summed E-state index contributed by atoms with van der Waals surface area (Å²) in [6, 6.07) is 39.6. The highest BCUT2D eigenvalue weighted by Crippen LogP contribution is 2.26. The monoisotopic (exact) mass is 669 g/mol. The molecule has 246 valence electrons. The molecule has 0 spiro atoms. The van der Waals surface area contributed by atoms with E-state index < -0.39 is 17.1 Å². The lowest BCUT2D eigenvalue weighted by Crippen LogP contribution is -2.30. The van der Waals surface area contributed by atoms with Crippen LogP contribution in [0.1, 0.15) is 45.7 Å². The first kappa shape index (κ1) is 34.4. The maximum absolute atomic E-state index is 13.5. The smallest absolute Gasteiger partial charge is 0.272 e. The van der Waals surface area contributed by atoms with E-state index >= 15 is 0 Å². The van der Waals surface area contributed by atoms with Gasteiger partial charge in [-0.25, -0.2) is 0 Å². The van der Waals surface area contributed by atoms with Gasteiger partial charge in [-0.05, 0) is 104 Å². The van der Waals surface area contributed by atoms with Crippen molar-refractivity contribution in [2.75, 3.05) is 10.6 Å². The largest absolute Gasteiger partial charge is 0.489 e. The Balaban J connectivity index is 1.23. The minimum atomic E-state index is -0.502. The molecular formula is C40H35N3O5S. The third kappa shape index (κ3) is 10.3. The van der Waals surface area contributed by atoms with Crippen molar-refractivity contribution < 1.29 is 23.9 Å². The Morgan fingerprint density at radius 2 is 1.29 bits per heavy atom. The average Bonchev–Trinajstić information content (AvgIpc) is 3.12. The number of carbonyl (C=O) groups excluding carboxylic acids is 4. The van der Waals surface area contributed by atoms with Gasteiger partial charge in [0.05, 0.1) is 5.25 Å². The highest BCUT2D eigenvalue weighted by Gasteiger charge is 2.17. The average molecular weight is 670 g/mol. The lowest BCUT2D eigenvalue weighted by Gasteiger charge is -2.14. The van der Waals surface area contributed by atoms with E-state index in [4.69, 9.17) is 4.74 Å². The molecule has 3 amide bonds. The van der Waals surface area contributed by atoms with Gasteiger partial charge in [0.2, 0.25) is 5.91 Å². The van der Waals surface area contributed by atoms with E-state index in [9.17, 15) is 19.2 Å². The second kappa shape index (κ2) is 16.8. The minimum Gasteiger partial charge on any atom is -0.489 e. The number of ketones is 1. The molecule has 0 saturated carbocycles. The van der Waals surface area contributed by atoms with Crippen LogP contribution in [-0.4, -0.2) is 28.8 Å². The normalized spacial score (nSPS) is 11.6. The van der Waals surface area contributed by atoms with E-state index in [1.807, 2.05) is 72.8 Å². The van der Waals surface area contributed by atoms with Crippen molar-refractivity contribution in [2.45, 2.75) is 30.6 Å². The van der Waals surface area contributed by atoms with Crippen molar-refractivity contribution in [2.24, 2.45) is 0 Å². The number of hydrogen-bond acceptors (Lipinski definition) is 6. The molecule has 49 heavy (non-hydrogen) atoms. The van der Waals surface area contributed by atoms with Crippen molar-refractivity contribution >= 4 is 52.7 Å². The number of thioether (sulfide) groups is 1. The topological polar surface area (TPSA) is 114 Å². The minimum absolute atomic E-state index is 0.0406. The number of nitrogens with one attached hydrogen (secondary N) is 3. The molecular weight excluding hydrogens is 635 g/mol. The number of amides is 3. The van der Waals surface area contributed by atoms with Gasteiger partial charge in [0.25, 0.3) is 11.8 Å². The Morgan fingerprint density at radius 3 is 1.92 bits per heavy atom. The number of rotatable bonds is 13. The van der Waals surface area contributed by atoms with Crippen LogP contribution in [0.15, 0.2) is 144 Å². The molecule has 0 saturated heterocycles. The van der Waals surface area contributed by atoms with E-state index in [2.05, 4.69) is 16.0 Å². The predicted octanol–water partition coefficient (Wildman–Crippen LogP) is 8.00. The number of benzene rings is 5.